The van der Waals surface area contributed by atoms with Gasteiger partial charge in [-0.05, 0) is 6.92 Å². The van der Waals surface area contributed by atoms with E-state index in [-0.39, 0.29) is 5.69 Å². The molecule has 0 amide bonds. The molecule has 15 heavy (non-hydrogen) atoms. The summed E-state index contributed by atoms with van der Waals surface area (Å²) in [5, 5.41) is 14.6. The summed E-state index contributed by atoms with van der Waals surface area (Å²) in [7, 11) is 1.62. The van der Waals surface area contributed by atoms with Crippen molar-refractivity contribution in [1.29, 1.82) is 0 Å². The Bertz CT molecular complexity index is 395. The first-order valence-electron chi connectivity index (χ1n) is 4.49. The van der Waals surface area contributed by atoms with Crippen LogP contribution in [-0.2, 0) is 22.3 Å². The fraction of sp³-hybridized carbons (Fsp3) is 0.625. The number of hydrogen-bond donors (Lipinski definition) is 0. The molecular formula is C8H11N3O4. The molecular weight excluding hydrogens is 202 g/mol. The van der Waals surface area contributed by atoms with Crippen molar-refractivity contribution in [3.05, 3.63) is 22.0 Å². The van der Waals surface area contributed by atoms with Crippen LogP contribution in [0.3, 0.4) is 0 Å². The molecule has 82 valence electrons. The minimum absolute atomic E-state index is 0.0816. The molecule has 0 bridgehead atoms. The maximum absolute atomic E-state index is 10.8. The van der Waals surface area contributed by atoms with E-state index in [1.807, 2.05) is 0 Å². The summed E-state index contributed by atoms with van der Waals surface area (Å²) in [5.41, 5.74) is 0.256. The fourth-order valence-electron chi connectivity index (χ4n) is 1.74. The van der Waals surface area contributed by atoms with Gasteiger partial charge in [0.15, 0.2) is 5.69 Å². The molecule has 2 rings (SSSR count). The SMILES string of the molecule is Cn1ncc([N+](=O)[O-])c1C1(C)OCCO1. The first kappa shape index (κ1) is 10.1. The average molecular weight is 213 g/mol. The van der Waals surface area contributed by atoms with E-state index in [0.717, 1.165) is 0 Å². The molecule has 1 saturated heterocycles. The van der Waals surface area contributed by atoms with E-state index >= 15 is 0 Å². The molecule has 7 nitrogen and oxygen atoms in total. The second-order valence-corrected chi connectivity index (χ2v) is 3.40. The van der Waals surface area contributed by atoms with Crippen LogP contribution in [0.25, 0.3) is 0 Å². The van der Waals surface area contributed by atoms with Crippen LogP contribution >= 0.6 is 0 Å². The monoisotopic (exact) mass is 213 g/mol. The van der Waals surface area contributed by atoms with Gasteiger partial charge in [-0.3, -0.25) is 14.8 Å². The van der Waals surface area contributed by atoms with E-state index in [1.165, 1.54) is 10.9 Å². The summed E-state index contributed by atoms with van der Waals surface area (Å²) in [5.74, 6) is -1.06. The lowest BCUT2D eigenvalue weighted by Crippen LogP contribution is -2.26. The van der Waals surface area contributed by atoms with Crippen molar-refractivity contribution in [3.8, 4) is 0 Å². The molecule has 1 aromatic heterocycles. The van der Waals surface area contributed by atoms with Gasteiger partial charge in [0.1, 0.15) is 6.20 Å². The summed E-state index contributed by atoms with van der Waals surface area (Å²) < 4.78 is 12.1. The molecule has 0 aromatic carbocycles. The van der Waals surface area contributed by atoms with Gasteiger partial charge in [0.25, 0.3) is 0 Å². The first-order chi connectivity index (χ1) is 7.04. The van der Waals surface area contributed by atoms with Crippen molar-refractivity contribution >= 4 is 5.69 Å². The van der Waals surface area contributed by atoms with E-state index in [2.05, 4.69) is 5.10 Å². The molecule has 1 aromatic rings. The van der Waals surface area contributed by atoms with Gasteiger partial charge in [-0.1, -0.05) is 0 Å². The van der Waals surface area contributed by atoms with Crippen molar-refractivity contribution < 1.29 is 14.4 Å². The predicted octanol–water partition coefficient (Wildman–Crippen LogP) is 0.548. The Balaban J connectivity index is 2.50. The van der Waals surface area contributed by atoms with Gasteiger partial charge in [-0.2, -0.15) is 5.10 Å². The Kier molecular flexibility index (Phi) is 2.20. The fourth-order valence-corrected chi connectivity index (χ4v) is 1.74. The Hall–Kier alpha value is -1.47. The van der Waals surface area contributed by atoms with Gasteiger partial charge >= 0.3 is 5.69 Å². The average Bonchev–Trinajstić information content (AvgIpc) is 2.72. The highest BCUT2D eigenvalue weighted by Crippen LogP contribution is 2.35. The number of nitrogens with zero attached hydrogens (tertiary/aromatic N) is 3. The lowest BCUT2D eigenvalue weighted by Gasteiger charge is -2.21. The molecule has 0 atom stereocenters. The summed E-state index contributed by atoms with van der Waals surface area (Å²) >= 11 is 0. The second kappa shape index (κ2) is 3.28. The van der Waals surface area contributed by atoms with Crippen LogP contribution in [-0.4, -0.2) is 27.9 Å². The molecule has 1 aliphatic heterocycles. The number of aromatic nitrogens is 2. The van der Waals surface area contributed by atoms with E-state index in [1.54, 1.807) is 14.0 Å². The van der Waals surface area contributed by atoms with Gasteiger partial charge in [0.05, 0.1) is 18.1 Å². The van der Waals surface area contributed by atoms with Crippen LogP contribution in [0, 0.1) is 10.1 Å². The molecule has 0 aliphatic carbocycles. The van der Waals surface area contributed by atoms with Crippen LogP contribution in [0.1, 0.15) is 12.6 Å². The van der Waals surface area contributed by atoms with Gasteiger partial charge in [-0.25, -0.2) is 0 Å². The molecule has 0 unspecified atom stereocenters. The van der Waals surface area contributed by atoms with Crippen LogP contribution in [0.4, 0.5) is 5.69 Å². The maximum Gasteiger partial charge on any atom is 0.315 e. The number of ether oxygens (including phenoxy) is 2. The molecule has 1 fully saturated rings. The first-order valence-corrected chi connectivity index (χ1v) is 4.49. The smallest absolute Gasteiger partial charge is 0.315 e. The van der Waals surface area contributed by atoms with Crippen molar-refractivity contribution in [1.82, 2.24) is 9.78 Å². The quantitative estimate of drug-likeness (QED) is 0.529. The highest BCUT2D eigenvalue weighted by Gasteiger charge is 2.42. The molecule has 0 radical (unpaired) electrons. The summed E-state index contributed by atoms with van der Waals surface area (Å²) in [4.78, 5) is 10.3. The van der Waals surface area contributed by atoms with Gasteiger partial charge < -0.3 is 9.47 Å². The van der Waals surface area contributed by atoms with Crippen molar-refractivity contribution in [2.24, 2.45) is 7.05 Å². The topological polar surface area (TPSA) is 79.4 Å². The van der Waals surface area contributed by atoms with Crippen LogP contribution in [0.15, 0.2) is 6.20 Å². The predicted molar refractivity (Wildman–Crippen MR) is 49.1 cm³/mol. The summed E-state index contributed by atoms with van der Waals surface area (Å²) in [6.07, 6.45) is 1.20. The molecule has 0 spiro atoms. The van der Waals surface area contributed by atoms with Crippen LogP contribution in [0.2, 0.25) is 0 Å². The highest BCUT2D eigenvalue weighted by molar-refractivity contribution is 5.36. The number of nitro groups is 1. The zero-order valence-corrected chi connectivity index (χ0v) is 8.47. The van der Waals surface area contributed by atoms with Gasteiger partial charge in [-0.15, -0.1) is 0 Å². The molecule has 7 heteroatoms. The summed E-state index contributed by atoms with van der Waals surface area (Å²) in [6, 6.07) is 0. The lowest BCUT2D eigenvalue weighted by molar-refractivity contribution is -0.388. The Labute approximate surface area is 85.7 Å². The number of rotatable bonds is 2. The summed E-state index contributed by atoms with van der Waals surface area (Å²) in [6.45, 7) is 2.52. The number of aryl methyl sites for hydroxylation is 1. The largest absolute Gasteiger partial charge is 0.342 e. The van der Waals surface area contributed by atoms with E-state index in [0.29, 0.717) is 18.9 Å². The van der Waals surface area contributed by atoms with Gasteiger partial charge in [0.2, 0.25) is 5.79 Å². The van der Waals surface area contributed by atoms with Crippen LogP contribution < -0.4 is 0 Å². The second-order valence-electron chi connectivity index (χ2n) is 3.40. The molecule has 1 aliphatic rings. The van der Waals surface area contributed by atoms with Crippen LogP contribution in [0.5, 0.6) is 0 Å². The Morgan fingerprint density at radius 2 is 2.20 bits per heavy atom. The minimum atomic E-state index is -1.06. The third kappa shape index (κ3) is 1.49. The highest BCUT2D eigenvalue weighted by atomic mass is 16.7. The van der Waals surface area contributed by atoms with Gasteiger partial charge in [0, 0.05) is 7.05 Å². The third-order valence-electron chi connectivity index (χ3n) is 2.38. The Morgan fingerprint density at radius 1 is 1.60 bits per heavy atom. The van der Waals surface area contributed by atoms with E-state index < -0.39 is 10.7 Å². The van der Waals surface area contributed by atoms with Crippen molar-refractivity contribution in [2.75, 3.05) is 13.2 Å². The molecule has 0 N–H and O–H groups in total. The van der Waals surface area contributed by atoms with Crippen molar-refractivity contribution in [3.63, 3.8) is 0 Å². The maximum atomic E-state index is 10.8. The lowest BCUT2D eigenvalue weighted by atomic mass is 10.2. The zero-order valence-electron chi connectivity index (χ0n) is 8.47. The molecule has 0 saturated carbocycles. The number of hydrogen-bond acceptors (Lipinski definition) is 5. The van der Waals surface area contributed by atoms with Crippen molar-refractivity contribution in [2.45, 2.75) is 12.7 Å². The standard InChI is InChI=1S/C8H11N3O4/c1-8(14-3-4-15-8)7-6(11(12)13)5-9-10(7)2/h5H,3-4H2,1-2H3. The molecule has 2 heterocycles. The third-order valence-corrected chi connectivity index (χ3v) is 2.38. The van der Waals surface area contributed by atoms with E-state index in [9.17, 15) is 10.1 Å². The minimum Gasteiger partial charge on any atom is -0.342 e. The Morgan fingerprint density at radius 3 is 2.73 bits per heavy atom. The zero-order chi connectivity index (χ0) is 11.1. The normalized spacial score (nSPS) is 19.3. The van der Waals surface area contributed by atoms with E-state index in [4.69, 9.17) is 9.47 Å².